The topological polar surface area (TPSA) is 114 Å². The molecule has 0 unspecified atom stereocenters. The number of anilines is 1. The molecule has 1 amide bonds. The average Bonchev–Trinajstić information content (AvgIpc) is 3.53. The molecule has 1 aromatic carbocycles. The van der Waals surface area contributed by atoms with Crippen LogP contribution in [-0.2, 0) is 22.2 Å². The van der Waals surface area contributed by atoms with Crippen molar-refractivity contribution in [3.8, 4) is 16.4 Å². The summed E-state index contributed by atoms with van der Waals surface area (Å²) in [5.41, 5.74) is -2.26. The smallest absolute Gasteiger partial charge is 0.418 e. The van der Waals surface area contributed by atoms with Crippen LogP contribution in [0.4, 0.5) is 27.8 Å². The molecular weight excluding hydrogens is 535 g/mol. The summed E-state index contributed by atoms with van der Waals surface area (Å²) >= 11 is 1.04. The Morgan fingerprint density at radius 3 is 2.53 bits per heavy atom. The van der Waals surface area contributed by atoms with Gasteiger partial charge in [0.15, 0.2) is 11.6 Å². The molecule has 0 aliphatic carbocycles. The van der Waals surface area contributed by atoms with Gasteiger partial charge in [0.1, 0.15) is 28.0 Å². The number of amides is 1. The van der Waals surface area contributed by atoms with Crippen molar-refractivity contribution in [1.29, 1.82) is 0 Å². The monoisotopic (exact) mass is 552 g/mol. The number of carbonyl (C=O) groups excluding carboxylic acids is 1. The van der Waals surface area contributed by atoms with Gasteiger partial charge in [0.25, 0.3) is 0 Å². The van der Waals surface area contributed by atoms with Crippen LogP contribution in [0.3, 0.4) is 0 Å². The molecule has 3 heterocycles. The number of aryl methyl sites for hydroxylation is 1. The number of aromatic nitrogens is 5. The number of alkyl halides is 3. The fourth-order valence-corrected chi connectivity index (χ4v) is 4.40. The van der Waals surface area contributed by atoms with Gasteiger partial charge < -0.3 is 5.11 Å². The van der Waals surface area contributed by atoms with Crippen LogP contribution in [-0.4, -0.2) is 48.3 Å². The third-order valence-corrected chi connectivity index (χ3v) is 6.20. The Morgan fingerprint density at radius 1 is 1.18 bits per heavy atom. The molecule has 0 aliphatic rings. The fourth-order valence-electron chi connectivity index (χ4n) is 3.76. The molecule has 3 aromatic heterocycles. The van der Waals surface area contributed by atoms with E-state index in [-0.39, 0.29) is 41.6 Å². The van der Waals surface area contributed by atoms with Gasteiger partial charge in [-0.05, 0) is 18.6 Å². The minimum Gasteiger partial charge on any atom is -0.481 e. The van der Waals surface area contributed by atoms with Crippen molar-refractivity contribution in [1.82, 2.24) is 24.7 Å². The molecule has 0 fully saturated rings. The van der Waals surface area contributed by atoms with Gasteiger partial charge in [-0.25, -0.2) is 28.4 Å². The Morgan fingerprint density at radius 2 is 1.92 bits per heavy atom. The molecule has 0 saturated heterocycles. The summed E-state index contributed by atoms with van der Waals surface area (Å²) < 4.78 is 70.1. The molecule has 1 atom stereocenters. The van der Waals surface area contributed by atoms with E-state index in [9.17, 15) is 36.6 Å². The quantitative estimate of drug-likeness (QED) is 0.227. The van der Waals surface area contributed by atoms with Crippen LogP contribution >= 0.6 is 11.3 Å². The van der Waals surface area contributed by atoms with E-state index in [0.717, 1.165) is 40.8 Å². The Hall–Kier alpha value is -4.27. The Labute approximate surface area is 215 Å². The summed E-state index contributed by atoms with van der Waals surface area (Å²) in [6.45, 7) is 0. The van der Waals surface area contributed by atoms with Crippen LogP contribution in [0.1, 0.15) is 24.2 Å². The van der Waals surface area contributed by atoms with Gasteiger partial charge in [0.05, 0.1) is 24.4 Å². The number of carbonyl (C=O) groups is 2. The Bertz CT molecular complexity index is 1430. The third kappa shape index (κ3) is 5.82. The number of para-hydroxylation sites is 1. The predicted molar refractivity (Wildman–Crippen MR) is 125 cm³/mol. The van der Waals surface area contributed by atoms with Crippen LogP contribution in [0, 0.1) is 11.6 Å². The number of aliphatic carboxylic acids is 1. The normalized spacial score (nSPS) is 12.3. The van der Waals surface area contributed by atoms with Gasteiger partial charge in [0.2, 0.25) is 6.41 Å². The van der Waals surface area contributed by atoms with Crippen molar-refractivity contribution in [2.45, 2.75) is 31.5 Å². The largest absolute Gasteiger partial charge is 0.481 e. The van der Waals surface area contributed by atoms with Gasteiger partial charge in [-0.3, -0.25) is 14.5 Å². The third-order valence-electron chi connectivity index (χ3n) is 5.41. The van der Waals surface area contributed by atoms with Crippen molar-refractivity contribution in [3.05, 3.63) is 71.3 Å². The average molecular weight is 552 g/mol. The maximum absolute atomic E-state index is 14.9. The lowest BCUT2D eigenvalue weighted by Crippen LogP contribution is -2.37. The molecule has 1 N–H and O–H groups in total. The first-order valence-electron chi connectivity index (χ1n) is 10.9. The fraction of sp³-hybridized carbons (Fsp3) is 0.217. The minimum atomic E-state index is -4.94. The van der Waals surface area contributed by atoms with E-state index < -0.39 is 47.5 Å². The van der Waals surface area contributed by atoms with Crippen molar-refractivity contribution in [2.75, 3.05) is 4.90 Å². The highest BCUT2D eigenvalue weighted by Crippen LogP contribution is 2.38. The number of benzene rings is 1. The molecule has 0 radical (unpaired) electrons. The second-order valence-electron chi connectivity index (χ2n) is 7.89. The van der Waals surface area contributed by atoms with E-state index in [2.05, 4.69) is 20.1 Å². The highest BCUT2D eigenvalue weighted by Gasteiger charge is 2.37. The predicted octanol–water partition coefficient (Wildman–Crippen LogP) is 4.52. The second kappa shape index (κ2) is 11.0. The van der Waals surface area contributed by atoms with Crippen LogP contribution < -0.4 is 4.90 Å². The van der Waals surface area contributed by atoms with Gasteiger partial charge >= 0.3 is 12.1 Å². The lowest BCUT2D eigenvalue weighted by molar-refractivity contribution is -0.138. The molecule has 4 aromatic rings. The summed E-state index contributed by atoms with van der Waals surface area (Å²) in [4.78, 5) is 36.3. The number of hydrogen-bond donors (Lipinski definition) is 1. The molecule has 9 nitrogen and oxygen atoms in total. The highest BCUT2D eigenvalue weighted by atomic mass is 32.1. The first kappa shape index (κ1) is 26.8. The Balaban J connectivity index is 1.80. The number of rotatable bonds is 10. The van der Waals surface area contributed by atoms with E-state index in [0.29, 0.717) is 10.7 Å². The molecule has 4 rings (SSSR count). The van der Waals surface area contributed by atoms with Crippen molar-refractivity contribution >= 4 is 29.5 Å². The Kier molecular flexibility index (Phi) is 7.75. The van der Waals surface area contributed by atoms with Gasteiger partial charge in [-0.15, -0.1) is 16.4 Å². The standard InChI is InChI=1S/C23H17F5N6O3S/c24-13-10-30-18(31-11-13)5-4-14(8-20(36)37)33(12-35)19-9-17(22-29-6-7-38-22)34(32-19)21-15(23(26,27)28)2-1-3-16(21)25/h1-3,6-7,9-12,14H,4-5,8H2,(H,36,37)/t14-/m0/s1. The van der Waals surface area contributed by atoms with Crippen molar-refractivity contribution in [3.63, 3.8) is 0 Å². The minimum absolute atomic E-state index is 0.0103. The zero-order valence-electron chi connectivity index (χ0n) is 19.1. The van der Waals surface area contributed by atoms with Crippen LogP contribution in [0.5, 0.6) is 0 Å². The highest BCUT2D eigenvalue weighted by molar-refractivity contribution is 7.13. The number of nitrogens with zero attached hydrogens (tertiary/aromatic N) is 6. The van der Waals surface area contributed by atoms with Gasteiger partial charge in [0, 0.05) is 30.1 Å². The lowest BCUT2D eigenvalue weighted by Gasteiger charge is -2.25. The van der Waals surface area contributed by atoms with E-state index in [1.165, 1.54) is 12.3 Å². The molecule has 0 bridgehead atoms. The van der Waals surface area contributed by atoms with Crippen LogP contribution in [0.2, 0.25) is 0 Å². The molecule has 15 heteroatoms. The number of carboxylic acids is 1. The first-order chi connectivity index (χ1) is 18.1. The van der Waals surface area contributed by atoms with Crippen LogP contribution in [0.25, 0.3) is 16.4 Å². The molecular formula is C23H17F5N6O3S. The van der Waals surface area contributed by atoms with Crippen molar-refractivity contribution in [2.24, 2.45) is 0 Å². The summed E-state index contributed by atoms with van der Waals surface area (Å²) in [5, 5.41) is 15.3. The molecule has 198 valence electrons. The van der Waals surface area contributed by atoms with Gasteiger partial charge in [-0.2, -0.15) is 13.2 Å². The molecule has 0 saturated carbocycles. The summed E-state index contributed by atoms with van der Waals surface area (Å²) in [5.74, 6) is -3.21. The molecule has 38 heavy (non-hydrogen) atoms. The first-order valence-corrected chi connectivity index (χ1v) is 11.7. The summed E-state index contributed by atoms with van der Waals surface area (Å²) in [7, 11) is 0. The summed E-state index contributed by atoms with van der Waals surface area (Å²) in [6, 6.07) is 2.62. The summed E-state index contributed by atoms with van der Waals surface area (Å²) in [6.07, 6.45) is -1.93. The zero-order valence-corrected chi connectivity index (χ0v) is 20.0. The number of carboxylic acid groups (broad SMARTS) is 1. The molecule has 0 aliphatic heterocycles. The van der Waals surface area contributed by atoms with E-state index in [1.54, 1.807) is 5.38 Å². The second-order valence-corrected chi connectivity index (χ2v) is 8.79. The van der Waals surface area contributed by atoms with E-state index in [4.69, 9.17) is 0 Å². The van der Waals surface area contributed by atoms with Crippen LogP contribution in [0.15, 0.2) is 48.2 Å². The van der Waals surface area contributed by atoms with Crippen molar-refractivity contribution < 1.29 is 36.6 Å². The SMILES string of the molecule is O=CN(c1cc(-c2nccs2)n(-c2c(F)cccc2C(F)(F)F)n1)[C@@H](CCc1ncc(F)cn1)CC(=O)O. The number of hydrogen-bond acceptors (Lipinski definition) is 7. The number of halogens is 5. The maximum Gasteiger partial charge on any atom is 0.418 e. The van der Waals surface area contributed by atoms with E-state index in [1.807, 2.05) is 0 Å². The van der Waals surface area contributed by atoms with E-state index >= 15 is 0 Å². The number of thiazole rings is 1. The van der Waals surface area contributed by atoms with Gasteiger partial charge in [-0.1, -0.05) is 6.07 Å². The molecule has 0 spiro atoms. The lowest BCUT2D eigenvalue weighted by atomic mass is 10.1. The maximum atomic E-state index is 14.9. The zero-order chi connectivity index (χ0) is 27.4.